The Morgan fingerprint density at radius 2 is 2.22 bits per heavy atom. The Labute approximate surface area is 103 Å². The van der Waals surface area contributed by atoms with Crippen LogP contribution in [0.25, 0.3) is 10.9 Å². The fourth-order valence-electron chi connectivity index (χ4n) is 1.77. The monoisotopic (exact) mass is 248 g/mol. The Morgan fingerprint density at radius 1 is 1.44 bits per heavy atom. The molecule has 2 rings (SSSR count). The van der Waals surface area contributed by atoms with Crippen molar-refractivity contribution in [2.24, 2.45) is 0 Å². The van der Waals surface area contributed by atoms with Crippen molar-refractivity contribution in [1.82, 2.24) is 4.57 Å². The van der Waals surface area contributed by atoms with Crippen molar-refractivity contribution in [3.8, 4) is 0 Å². The van der Waals surface area contributed by atoms with E-state index in [2.05, 4.69) is 0 Å². The zero-order chi connectivity index (χ0) is 13.1. The first-order chi connectivity index (χ1) is 8.58. The molecule has 18 heavy (non-hydrogen) atoms. The van der Waals surface area contributed by atoms with Crippen LogP contribution in [0.5, 0.6) is 0 Å². The molecule has 0 saturated carbocycles. The van der Waals surface area contributed by atoms with Crippen molar-refractivity contribution >= 4 is 22.6 Å². The van der Waals surface area contributed by atoms with Crippen molar-refractivity contribution in [2.45, 2.75) is 13.5 Å². The molecule has 0 unspecified atom stereocenters. The number of hydrogen-bond acceptors (Lipinski definition) is 4. The number of rotatable bonds is 4. The fourth-order valence-corrected chi connectivity index (χ4v) is 1.77. The summed E-state index contributed by atoms with van der Waals surface area (Å²) >= 11 is 0. The summed E-state index contributed by atoms with van der Waals surface area (Å²) in [4.78, 5) is 20.9. The average molecular weight is 248 g/mol. The number of non-ortho nitro benzene ring substituents is 1. The molecule has 0 spiro atoms. The minimum absolute atomic E-state index is 0.0509. The summed E-state index contributed by atoms with van der Waals surface area (Å²) in [5.41, 5.74) is 0.811. The molecule has 0 aliphatic rings. The minimum Gasteiger partial charge on any atom is -0.464 e. The van der Waals surface area contributed by atoms with Gasteiger partial charge in [0.05, 0.1) is 17.0 Å². The highest BCUT2D eigenvalue weighted by Crippen LogP contribution is 2.21. The highest BCUT2D eigenvalue weighted by molar-refractivity contribution is 5.82. The van der Waals surface area contributed by atoms with Gasteiger partial charge in [-0.3, -0.25) is 14.9 Å². The van der Waals surface area contributed by atoms with Crippen LogP contribution in [0.15, 0.2) is 30.5 Å². The van der Waals surface area contributed by atoms with Gasteiger partial charge in [0.15, 0.2) is 0 Å². The highest BCUT2D eigenvalue weighted by atomic mass is 16.6. The topological polar surface area (TPSA) is 74.4 Å². The first kappa shape index (κ1) is 12.1. The molecule has 0 fully saturated rings. The molecule has 0 N–H and O–H groups in total. The standard InChI is InChI=1S/C12H12N2O4/c1-9(15)18-7-6-13-5-4-10-2-3-11(14(16)17)8-12(10)13/h2-5,8H,6-7H2,1H3. The van der Waals surface area contributed by atoms with Gasteiger partial charge in [0.25, 0.3) is 5.69 Å². The van der Waals surface area contributed by atoms with Crippen LogP contribution in [-0.4, -0.2) is 22.1 Å². The number of aromatic nitrogens is 1. The second-order valence-electron chi connectivity index (χ2n) is 3.85. The molecule has 0 amide bonds. The summed E-state index contributed by atoms with van der Waals surface area (Å²) < 4.78 is 6.67. The summed E-state index contributed by atoms with van der Waals surface area (Å²) in [7, 11) is 0. The second-order valence-corrected chi connectivity index (χ2v) is 3.85. The van der Waals surface area contributed by atoms with E-state index < -0.39 is 4.92 Å². The predicted molar refractivity (Wildman–Crippen MR) is 65.2 cm³/mol. The van der Waals surface area contributed by atoms with Gasteiger partial charge in [0.2, 0.25) is 0 Å². The average Bonchev–Trinajstić information content (AvgIpc) is 2.71. The van der Waals surface area contributed by atoms with Crippen LogP contribution >= 0.6 is 0 Å². The first-order valence-corrected chi connectivity index (χ1v) is 5.44. The van der Waals surface area contributed by atoms with E-state index in [0.717, 1.165) is 10.9 Å². The van der Waals surface area contributed by atoms with Gasteiger partial charge < -0.3 is 9.30 Å². The van der Waals surface area contributed by atoms with Gasteiger partial charge in [0.1, 0.15) is 6.61 Å². The SMILES string of the molecule is CC(=O)OCCn1ccc2ccc([N+](=O)[O-])cc21. The Hall–Kier alpha value is -2.37. The number of fused-ring (bicyclic) bond motifs is 1. The number of esters is 1. The van der Waals surface area contributed by atoms with Gasteiger partial charge in [-0.15, -0.1) is 0 Å². The molecule has 0 atom stereocenters. The summed E-state index contributed by atoms with van der Waals surface area (Å²) in [6.45, 7) is 2.07. The van der Waals surface area contributed by atoms with Gasteiger partial charge in [-0.05, 0) is 12.1 Å². The van der Waals surface area contributed by atoms with Crippen LogP contribution in [0.1, 0.15) is 6.92 Å². The number of carbonyl (C=O) groups excluding carboxylic acids is 1. The van der Waals surface area contributed by atoms with Crippen LogP contribution < -0.4 is 0 Å². The molecular formula is C12H12N2O4. The summed E-state index contributed by atoms with van der Waals surface area (Å²) in [5.74, 6) is -0.336. The lowest BCUT2D eigenvalue weighted by atomic mass is 10.2. The molecule has 0 bridgehead atoms. The van der Waals surface area contributed by atoms with Crippen LogP contribution in [0.3, 0.4) is 0 Å². The van der Waals surface area contributed by atoms with Crippen molar-refractivity contribution in [2.75, 3.05) is 6.61 Å². The van der Waals surface area contributed by atoms with Crippen molar-refractivity contribution in [3.63, 3.8) is 0 Å². The van der Waals surface area contributed by atoms with E-state index in [4.69, 9.17) is 4.74 Å². The molecule has 0 radical (unpaired) electrons. The van der Waals surface area contributed by atoms with Gasteiger partial charge in [-0.25, -0.2) is 0 Å². The molecule has 0 aliphatic heterocycles. The second kappa shape index (κ2) is 4.87. The van der Waals surface area contributed by atoms with Gasteiger partial charge in [-0.1, -0.05) is 0 Å². The maximum absolute atomic E-state index is 10.7. The maximum atomic E-state index is 10.7. The summed E-state index contributed by atoms with van der Waals surface area (Å²) in [6.07, 6.45) is 1.82. The number of ether oxygens (including phenoxy) is 1. The van der Waals surface area contributed by atoms with Crippen LogP contribution in [0.4, 0.5) is 5.69 Å². The van der Waals surface area contributed by atoms with Gasteiger partial charge in [-0.2, -0.15) is 0 Å². The number of carbonyl (C=O) groups is 1. The highest BCUT2D eigenvalue weighted by Gasteiger charge is 2.09. The quantitative estimate of drug-likeness (QED) is 0.472. The largest absolute Gasteiger partial charge is 0.464 e. The number of nitro benzene ring substituents is 1. The van der Waals surface area contributed by atoms with Crippen molar-refractivity contribution in [3.05, 3.63) is 40.6 Å². The third-order valence-corrected chi connectivity index (χ3v) is 2.61. The zero-order valence-corrected chi connectivity index (χ0v) is 9.83. The molecule has 6 nitrogen and oxygen atoms in total. The lowest BCUT2D eigenvalue weighted by Gasteiger charge is -2.05. The molecule has 0 saturated heterocycles. The van der Waals surface area contributed by atoms with Crippen LogP contribution in [0, 0.1) is 10.1 Å². The Balaban J connectivity index is 2.25. The lowest BCUT2D eigenvalue weighted by Crippen LogP contribution is -2.07. The molecule has 94 valence electrons. The van der Waals surface area contributed by atoms with Gasteiger partial charge >= 0.3 is 5.97 Å². The van der Waals surface area contributed by atoms with E-state index in [-0.39, 0.29) is 18.3 Å². The van der Waals surface area contributed by atoms with Crippen LogP contribution in [0.2, 0.25) is 0 Å². The Kier molecular flexibility index (Phi) is 3.27. The molecular weight excluding hydrogens is 236 g/mol. The fraction of sp³-hybridized carbons (Fsp3) is 0.250. The zero-order valence-electron chi connectivity index (χ0n) is 9.83. The number of hydrogen-bond donors (Lipinski definition) is 0. The number of nitro groups is 1. The number of benzene rings is 1. The Morgan fingerprint density at radius 3 is 2.89 bits per heavy atom. The minimum atomic E-state index is -0.428. The lowest BCUT2D eigenvalue weighted by molar-refractivity contribution is -0.384. The van der Waals surface area contributed by atoms with Crippen molar-refractivity contribution in [1.29, 1.82) is 0 Å². The van der Waals surface area contributed by atoms with E-state index in [9.17, 15) is 14.9 Å². The van der Waals surface area contributed by atoms with Crippen molar-refractivity contribution < 1.29 is 14.5 Å². The van der Waals surface area contributed by atoms with Gasteiger partial charge in [0, 0.05) is 30.6 Å². The first-order valence-electron chi connectivity index (χ1n) is 5.44. The maximum Gasteiger partial charge on any atom is 0.302 e. The predicted octanol–water partition coefficient (Wildman–Crippen LogP) is 2.11. The van der Waals surface area contributed by atoms with E-state index in [1.807, 2.05) is 16.8 Å². The summed E-state index contributed by atoms with van der Waals surface area (Å²) in [5, 5.41) is 11.6. The number of nitrogens with zero attached hydrogens (tertiary/aromatic N) is 2. The van der Waals surface area contributed by atoms with E-state index >= 15 is 0 Å². The summed E-state index contributed by atoms with van der Waals surface area (Å²) in [6, 6.07) is 6.56. The third kappa shape index (κ3) is 2.48. The molecule has 1 aromatic carbocycles. The Bertz CT molecular complexity index is 603. The normalized spacial score (nSPS) is 10.5. The molecule has 1 heterocycles. The smallest absolute Gasteiger partial charge is 0.302 e. The van der Waals surface area contributed by atoms with Crippen LogP contribution in [-0.2, 0) is 16.1 Å². The van der Waals surface area contributed by atoms with E-state index in [1.165, 1.54) is 19.1 Å². The molecule has 6 heteroatoms. The molecule has 2 aromatic rings. The molecule has 1 aromatic heterocycles. The third-order valence-electron chi connectivity index (χ3n) is 2.61. The van der Waals surface area contributed by atoms with E-state index in [0.29, 0.717) is 6.54 Å². The molecule has 0 aliphatic carbocycles. The van der Waals surface area contributed by atoms with E-state index in [1.54, 1.807) is 6.07 Å².